The first-order valence-electron chi connectivity index (χ1n) is 3.66. The standard InChI is InChI=1S/C11H9Cl/c1-2-10-5-3-6-11(9-10)7-4-8-12/h1,3-7,9H,8H2. The van der Waals surface area contributed by atoms with Crippen LogP contribution in [0.5, 0.6) is 0 Å². The van der Waals surface area contributed by atoms with Gasteiger partial charge >= 0.3 is 0 Å². The Balaban J connectivity index is 2.88. The molecule has 0 atom stereocenters. The van der Waals surface area contributed by atoms with E-state index in [1.807, 2.05) is 36.4 Å². The first kappa shape index (κ1) is 8.90. The number of halogens is 1. The maximum absolute atomic E-state index is 5.50. The molecule has 60 valence electrons. The van der Waals surface area contributed by atoms with Crippen LogP contribution in [0.3, 0.4) is 0 Å². The minimum Gasteiger partial charge on any atom is -0.122 e. The van der Waals surface area contributed by atoms with Gasteiger partial charge in [0.25, 0.3) is 0 Å². The van der Waals surface area contributed by atoms with E-state index in [2.05, 4.69) is 5.92 Å². The molecule has 12 heavy (non-hydrogen) atoms. The topological polar surface area (TPSA) is 0 Å². The van der Waals surface area contributed by atoms with E-state index in [1.165, 1.54) is 0 Å². The predicted molar refractivity (Wildman–Crippen MR) is 54.1 cm³/mol. The molecule has 1 aromatic rings. The van der Waals surface area contributed by atoms with Crippen molar-refractivity contribution in [2.75, 3.05) is 5.88 Å². The van der Waals surface area contributed by atoms with Gasteiger partial charge in [-0.15, -0.1) is 18.0 Å². The van der Waals surface area contributed by atoms with Gasteiger partial charge < -0.3 is 0 Å². The highest BCUT2D eigenvalue weighted by Gasteiger charge is 1.87. The second-order valence-corrected chi connectivity index (χ2v) is 2.64. The van der Waals surface area contributed by atoms with Crippen LogP contribution in [0.15, 0.2) is 30.3 Å². The number of hydrogen-bond acceptors (Lipinski definition) is 0. The smallest absolute Gasteiger partial charge is 0.0407 e. The van der Waals surface area contributed by atoms with Gasteiger partial charge in [-0.3, -0.25) is 0 Å². The van der Waals surface area contributed by atoms with Gasteiger partial charge in [-0.25, -0.2) is 0 Å². The SMILES string of the molecule is C#Cc1cccc(C=CCCl)c1. The van der Waals surface area contributed by atoms with Crippen molar-refractivity contribution in [3.05, 3.63) is 41.5 Å². The maximum atomic E-state index is 5.50. The molecule has 0 bridgehead atoms. The molecule has 0 saturated heterocycles. The van der Waals surface area contributed by atoms with Crippen molar-refractivity contribution < 1.29 is 0 Å². The Morgan fingerprint density at radius 2 is 2.33 bits per heavy atom. The van der Waals surface area contributed by atoms with Gasteiger partial charge in [0.2, 0.25) is 0 Å². The highest BCUT2D eigenvalue weighted by atomic mass is 35.5. The second-order valence-electron chi connectivity index (χ2n) is 2.33. The van der Waals surface area contributed by atoms with Crippen molar-refractivity contribution in [2.24, 2.45) is 0 Å². The van der Waals surface area contributed by atoms with E-state index in [4.69, 9.17) is 18.0 Å². The monoisotopic (exact) mass is 176 g/mol. The Hall–Kier alpha value is -1.19. The molecule has 0 spiro atoms. The van der Waals surface area contributed by atoms with Crippen molar-refractivity contribution >= 4 is 17.7 Å². The Bertz CT molecular complexity index is 318. The largest absolute Gasteiger partial charge is 0.122 e. The molecule has 0 aromatic heterocycles. The van der Waals surface area contributed by atoms with Crippen LogP contribution in [0.2, 0.25) is 0 Å². The molecule has 0 heterocycles. The van der Waals surface area contributed by atoms with Crippen molar-refractivity contribution in [2.45, 2.75) is 0 Å². The molecule has 0 nitrogen and oxygen atoms in total. The Labute approximate surface area is 77.9 Å². The minimum atomic E-state index is 0.528. The Kier molecular flexibility index (Phi) is 3.44. The van der Waals surface area contributed by atoms with E-state index in [0.717, 1.165) is 11.1 Å². The Morgan fingerprint density at radius 3 is 3.00 bits per heavy atom. The van der Waals surface area contributed by atoms with Gasteiger partial charge in [-0.2, -0.15) is 0 Å². The quantitative estimate of drug-likeness (QED) is 0.480. The van der Waals surface area contributed by atoms with E-state index < -0.39 is 0 Å². The lowest BCUT2D eigenvalue weighted by atomic mass is 10.1. The fourth-order valence-corrected chi connectivity index (χ4v) is 1.00. The average molecular weight is 177 g/mol. The number of hydrogen-bond donors (Lipinski definition) is 0. The third-order valence-corrected chi connectivity index (χ3v) is 1.63. The Morgan fingerprint density at radius 1 is 1.50 bits per heavy atom. The molecule has 1 aromatic carbocycles. The zero-order valence-electron chi connectivity index (χ0n) is 6.63. The second kappa shape index (κ2) is 4.64. The summed E-state index contributed by atoms with van der Waals surface area (Å²) in [5, 5.41) is 0. The van der Waals surface area contributed by atoms with E-state index >= 15 is 0 Å². The summed E-state index contributed by atoms with van der Waals surface area (Å²) in [6.07, 6.45) is 9.09. The number of rotatable bonds is 2. The van der Waals surface area contributed by atoms with Gasteiger partial charge in [0.15, 0.2) is 0 Å². The summed E-state index contributed by atoms with van der Waals surface area (Å²) in [5.41, 5.74) is 1.98. The molecule has 1 rings (SSSR count). The highest BCUT2D eigenvalue weighted by Crippen LogP contribution is 2.05. The first-order valence-corrected chi connectivity index (χ1v) is 4.19. The summed E-state index contributed by atoms with van der Waals surface area (Å²) >= 11 is 5.50. The lowest BCUT2D eigenvalue weighted by Gasteiger charge is -1.93. The predicted octanol–water partition coefficient (Wildman–Crippen LogP) is 2.92. The minimum absolute atomic E-state index is 0.528. The molecule has 0 radical (unpaired) electrons. The summed E-state index contributed by atoms with van der Waals surface area (Å²) < 4.78 is 0. The zero-order valence-corrected chi connectivity index (χ0v) is 7.38. The van der Waals surface area contributed by atoms with E-state index in [1.54, 1.807) is 0 Å². The molecular weight excluding hydrogens is 168 g/mol. The third kappa shape index (κ3) is 2.45. The lowest BCUT2D eigenvalue weighted by molar-refractivity contribution is 1.60. The molecule has 0 aliphatic rings. The van der Waals surface area contributed by atoms with Crippen LogP contribution in [0, 0.1) is 12.3 Å². The molecule has 0 fully saturated rings. The van der Waals surface area contributed by atoms with Crippen LogP contribution in [0.4, 0.5) is 0 Å². The molecular formula is C11H9Cl. The summed E-state index contributed by atoms with van der Waals surface area (Å²) in [5.74, 6) is 3.10. The lowest BCUT2D eigenvalue weighted by Crippen LogP contribution is -1.75. The van der Waals surface area contributed by atoms with E-state index in [0.29, 0.717) is 5.88 Å². The van der Waals surface area contributed by atoms with Crippen LogP contribution in [0.25, 0.3) is 6.08 Å². The third-order valence-electron chi connectivity index (χ3n) is 1.45. The molecule has 0 N–H and O–H groups in total. The van der Waals surface area contributed by atoms with Crippen LogP contribution < -0.4 is 0 Å². The van der Waals surface area contributed by atoms with E-state index in [-0.39, 0.29) is 0 Å². The normalized spacial score (nSPS) is 10.0. The summed E-state index contributed by atoms with van der Waals surface area (Å²) in [6.45, 7) is 0. The van der Waals surface area contributed by atoms with Gasteiger partial charge in [0, 0.05) is 11.4 Å². The molecule has 0 amide bonds. The number of benzene rings is 1. The average Bonchev–Trinajstić information content (AvgIpc) is 2.15. The summed E-state index contributed by atoms with van der Waals surface area (Å²) in [6, 6.07) is 7.77. The van der Waals surface area contributed by atoms with Crippen molar-refractivity contribution in [3.8, 4) is 12.3 Å². The highest BCUT2D eigenvalue weighted by molar-refractivity contribution is 6.19. The molecule has 0 unspecified atom stereocenters. The van der Waals surface area contributed by atoms with Crippen LogP contribution >= 0.6 is 11.6 Å². The van der Waals surface area contributed by atoms with Gasteiger partial charge in [-0.05, 0) is 17.7 Å². The summed E-state index contributed by atoms with van der Waals surface area (Å²) in [7, 11) is 0. The number of alkyl halides is 1. The molecule has 0 saturated carbocycles. The molecule has 0 aliphatic heterocycles. The number of allylic oxidation sites excluding steroid dienone is 1. The molecule has 1 heteroatoms. The molecule has 0 aliphatic carbocycles. The maximum Gasteiger partial charge on any atom is 0.0407 e. The van der Waals surface area contributed by atoms with Crippen LogP contribution in [-0.2, 0) is 0 Å². The van der Waals surface area contributed by atoms with Gasteiger partial charge in [0.1, 0.15) is 0 Å². The number of terminal acetylenes is 1. The van der Waals surface area contributed by atoms with E-state index in [9.17, 15) is 0 Å². The van der Waals surface area contributed by atoms with Crippen molar-refractivity contribution in [3.63, 3.8) is 0 Å². The van der Waals surface area contributed by atoms with Crippen molar-refractivity contribution in [1.82, 2.24) is 0 Å². The van der Waals surface area contributed by atoms with Gasteiger partial charge in [0.05, 0.1) is 0 Å². The van der Waals surface area contributed by atoms with Crippen LogP contribution in [-0.4, -0.2) is 5.88 Å². The fraction of sp³-hybridized carbons (Fsp3) is 0.0909. The fourth-order valence-electron chi connectivity index (χ4n) is 0.913. The zero-order chi connectivity index (χ0) is 8.81. The van der Waals surface area contributed by atoms with Gasteiger partial charge in [-0.1, -0.05) is 30.2 Å². The summed E-state index contributed by atoms with van der Waals surface area (Å²) in [4.78, 5) is 0. The first-order chi connectivity index (χ1) is 5.86. The van der Waals surface area contributed by atoms with Crippen molar-refractivity contribution in [1.29, 1.82) is 0 Å². The van der Waals surface area contributed by atoms with Crippen LogP contribution in [0.1, 0.15) is 11.1 Å².